The van der Waals surface area contributed by atoms with Gasteiger partial charge in [0.2, 0.25) is 0 Å². The summed E-state index contributed by atoms with van der Waals surface area (Å²) in [6, 6.07) is 1.19. The average molecular weight is 196 g/mol. The van der Waals surface area contributed by atoms with Crippen molar-refractivity contribution in [2.45, 2.75) is 39.3 Å². The van der Waals surface area contributed by atoms with Crippen LogP contribution in [0.4, 0.5) is 0 Å². The molecule has 2 nitrogen and oxygen atoms in total. The van der Waals surface area contributed by atoms with Crippen LogP contribution in [0.1, 0.15) is 27.2 Å². The van der Waals surface area contributed by atoms with Gasteiger partial charge >= 0.3 is 0 Å². The minimum Gasteiger partial charge on any atom is -0.311 e. The van der Waals surface area contributed by atoms with Crippen LogP contribution in [0.5, 0.6) is 0 Å². The molecule has 0 spiro atoms. The third-order valence-electron chi connectivity index (χ3n) is 2.96. The molecule has 0 aliphatic carbocycles. The summed E-state index contributed by atoms with van der Waals surface area (Å²) in [6.07, 6.45) is 3.32. The minimum atomic E-state index is 0.520. The second-order valence-electron chi connectivity index (χ2n) is 4.75. The monoisotopic (exact) mass is 196 g/mol. The molecular formula is C12H24N2. The maximum absolute atomic E-state index is 3.86. The molecule has 82 valence electrons. The average Bonchev–Trinajstić information content (AvgIpc) is 2.16. The number of hydrogen-bond donors (Lipinski definition) is 1. The fraction of sp³-hybridized carbons (Fsp3) is 0.833. The Labute approximate surface area is 88.4 Å². The van der Waals surface area contributed by atoms with Crippen LogP contribution in [0.2, 0.25) is 0 Å². The number of nitrogens with one attached hydrogen (secondary N) is 1. The van der Waals surface area contributed by atoms with Gasteiger partial charge in [-0.1, -0.05) is 19.9 Å². The van der Waals surface area contributed by atoms with E-state index in [4.69, 9.17) is 0 Å². The summed E-state index contributed by atoms with van der Waals surface area (Å²) < 4.78 is 0. The van der Waals surface area contributed by atoms with Crippen molar-refractivity contribution in [1.29, 1.82) is 0 Å². The molecular weight excluding hydrogens is 172 g/mol. The van der Waals surface area contributed by atoms with Crippen molar-refractivity contribution >= 4 is 0 Å². The smallest absolute Gasteiger partial charge is 0.0248 e. The van der Waals surface area contributed by atoms with E-state index in [-0.39, 0.29) is 0 Å². The standard InChI is InChI=1S/C12H24N2/c1-5-11(4)14-7-6-13-12(9-14)8-10(2)3/h5,10-13H,1,6-9H2,2-4H3. The van der Waals surface area contributed by atoms with E-state index in [2.05, 4.69) is 37.6 Å². The van der Waals surface area contributed by atoms with Crippen molar-refractivity contribution in [3.8, 4) is 0 Å². The largest absolute Gasteiger partial charge is 0.311 e. The fourth-order valence-electron chi connectivity index (χ4n) is 2.10. The zero-order valence-corrected chi connectivity index (χ0v) is 9.79. The van der Waals surface area contributed by atoms with Crippen LogP contribution in [0.3, 0.4) is 0 Å². The van der Waals surface area contributed by atoms with Gasteiger partial charge in [0, 0.05) is 31.7 Å². The van der Waals surface area contributed by atoms with Crippen LogP contribution in [0.15, 0.2) is 12.7 Å². The SMILES string of the molecule is C=CC(C)N1CCNC(CC(C)C)C1. The minimum absolute atomic E-state index is 0.520. The summed E-state index contributed by atoms with van der Waals surface area (Å²) in [5.74, 6) is 0.784. The van der Waals surface area contributed by atoms with Gasteiger partial charge in [-0.05, 0) is 19.3 Å². The number of piperazine rings is 1. The van der Waals surface area contributed by atoms with Gasteiger partial charge in [-0.2, -0.15) is 0 Å². The zero-order valence-electron chi connectivity index (χ0n) is 9.79. The number of rotatable bonds is 4. The summed E-state index contributed by atoms with van der Waals surface area (Å²) in [4.78, 5) is 2.51. The maximum atomic E-state index is 3.86. The number of hydrogen-bond acceptors (Lipinski definition) is 2. The van der Waals surface area contributed by atoms with Crippen LogP contribution in [0, 0.1) is 5.92 Å². The molecule has 0 aromatic rings. The first-order valence-corrected chi connectivity index (χ1v) is 5.73. The summed E-state index contributed by atoms with van der Waals surface area (Å²) in [6.45, 7) is 14.1. The fourth-order valence-corrected chi connectivity index (χ4v) is 2.10. The highest BCUT2D eigenvalue weighted by atomic mass is 15.2. The molecule has 14 heavy (non-hydrogen) atoms. The predicted octanol–water partition coefficient (Wildman–Crippen LogP) is 1.88. The van der Waals surface area contributed by atoms with E-state index in [0.29, 0.717) is 12.1 Å². The Balaban J connectivity index is 2.39. The highest BCUT2D eigenvalue weighted by molar-refractivity contribution is 4.89. The lowest BCUT2D eigenvalue weighted by atomic mass is 10.0. The van der Waals surface area contributed by atoms with E-state index in [9.17, 15) is 0 Å². The Hall–Kier alpha value is -0.340. The normalized spacial score (nSPS) is 26.4. The Morgan fingerprint density at radius 3 is 2.79 bits per heavy atom. The van der Waals surface area contributed by atoms with Gasteiger partial charge in [0.15, 0.2) is 0 Å². The van der Waals surface area contributed by atoms with E-state index in [0.717, 1.165) is 19.0 Å². The summed E-state index contributed by atoms with van der Waals surface area (Å²) in [7, 11) is 0. The molecule has 0 aromatic carbocycles. The van der Waals surface area contributed by atoms with Gasteiger partial charge in [-0.25, -0.2) is 0 Å². The molecule has 1 saturated heterocycles. The number of nitrogens with zero attached hydrogens (tertiary/aromatic N) is 1. The van der Waals surface area contributed by atoms with E-state index < -0.39 is 0 Å². The third kappa shape index (κ3) is 3.43. The predicted molar refractivity (Wildman–Crippen MR) is 62.5 cm³/mol. The van der Waals surface area contributed by atoms with E-state index >= 15 is 0 Å². The molecule has 0 bridgehead atoms. The molecule has 1 aliphatic rings. The molecule has 2 heteroatoms. The van der Waals surface area contributed by atoms with E-state index in [1.54, 1.807) is 0 Å². The van der Waals surface area contributed by atoms with Crippen molar-refractivity contribution in [3.05, 3.63) is 12.7 Å². The Kier molecular flexibility index (Phi) is 4.63. The topological polar surface area (TPSA) is 15.3 Å². The second kappa shape index (κ2) is 5.52. The van der Waals surface area contributed by atoms with Crippen molar-refractivity contribution < 1.29 is 0 Å². The molecule has 1 heterocycles. The highest BCUT2D eigenvalue weighted by Gasteiger charge is 2.21. The first-order valence-electron chi connectivity index (χ1n) is 5.73. The van der Waals surface area contributed by atoms with Gasteiger partial charge in [-0.3, -0.25) is 4.90 Å². The Bertz CT molecular complexity index is 177. The molecule has 1 aliphatic heterocycles. The maximum Gasteiger partial charge on any atom is 0.0248 e. The molecule has 0 aromatic heterocycles. The highest BCUT2D eigenvalue weighted by Crippen LogP contribution is 2.11. The molecule has 1 rings (SSSR count). The van der Waals surface area contributed by atoms with Crippen LogP contribution in [-0.4, -0.2) is 36.6 Å². The van der Waals surface area contributed by atoms with E-state index in [1.165, 1.54) is 13.0 Å². The second-order valence-corrected chi connectivity index (χ2v) is 4.75. The lowest BCUT2D eigenvalue weighted by molar-refractivity contribution is 0.165. The summed E-state index contributed by atoms with van der Waals surface area (Å²) >= 11 is 0. The zero-order chi connectivity index (χ0) is 10.6. The quantitative estimate of drug-likeness (QED) is 0.691. The van der Waals surface area contributed by atoms with Gasteiger partial charge in [0.05, 0.1) is 0 Å². The van der Waals surface area contributed by atoms with Crippen molar-refractivity contribution in [2.75, 3.05) is 19.6 Å². The van der Waals surface area contributed by atoms with Crippen LogP contribution in [-0.2, 0) is 0 Å². The lowest BCUT2D eigenvalue weighted by Gasteiger charge is -2.37. The lowest BCUT2D eigenvalue weighted by Crippen LogP contribution is -2.53. The van der Waals surface area contributed by atoms with Crippen LogP contribution in [0.25, 0.3) is 0 Å². The first-order chi connectivity index (χ1) is 6.63. The van der Waals surface area contributed by atoms with Crippen molar-refractivity contribution in [1.82, 2.24) is 10.2 Å². The molecule has 0 amide bonds. The van der Waals surface area contributed by atoms with Gasteiger partial charge in [0.1, 0.15) is 0 Å². The van der Waals surface area contributed by atoms with Crippen molar-refractivity contribution in [2.24, 2.45) is 5.92 Å². The molecule has 0 radical (unpaired) electrons. The van der Waals surface area contributed by atoms with Crippen molar-refractivity contribution in [3.63, 3.8) is 0 Å². The molecule has 2 atom stereocenters. The molecule has 1 N–H and O–H groups in total. The van der Waals surface area contributed by atoms with Gasteiger partial charge < -0.3 is 5.32 Å². The molecule has 1 fully saturated rings. The Morgan fingerprint density at radius 1 is 1.50 bits per heavy atom. The molecule has 0 saturated carbocycles. The molecule has 2 unspecified atom stereocenters. The summed E-state index contributed by atoms with van der Waals surface area (Å²) in [5, 5.41) is 3.58. The summed E-state index contributed by atoms with van der Waals surface area (Å²) in [5.41, 5.74) is 0. The van der Waals surface area contributed by atoms with Crippen LogP contribution < -0.4 is 5.32 Å². The Morgan fingerprint density at radius 2 is 2.21 bits per heavy atom. The van der Waals surface area contributed by atoms with Crippen LogP contribution >= 0.6 is 0 Å². The first kappa shape index (κ1) is 11.7. The van der Waals surface area contributed by atoms with Gasteiger partial charge in [0.25, 0.3) is 0 Å². The third-order valence-corrected chi connectivity index (χ3v) is 2.96. The van der Waals surface area contributed by atoms with E-state index in [1.807, 2.05) is 6.08 Å². The van der Waals surface area contributed by atoms with Gasteiger partial charge in [-0.15, -0.1) is 6.58 Å².